The number of aryl methyl sites for hydroxylation is 3. The van der Waals surface area contributed by atoms with E-state index in [2.05, 4.69) is 46.2 Å². The zero-order chi connectivity index (χ0) is 19.2. The van der Waals surface area contributed by atoms with E-state index < -0.39 is 0 Å². The summed E-state index contributed by atoms with van der Waals surface area (Å²) in [6.45, 7) is 7.46. The van der Waals surface area contributed by atoms with E-state index in [1.54, 1.807) is 0 Å². The fourth-order valence-electron chi connectivity index (χ4n) is 2.97. The van der Waals surface area contributed by atoms with Crippen LogP contribution >= 0.6 is 0 Å². The number of hydrogen-bond acceptors (Lipinski definition) is 2. The number of rotatable bonds is 6. The van der Waals surface area contributed by atoms with Crippen molar-refractivity contribution >= 4 is 11.7 Å². The van der Waals surface area contributed by atoms with Crippen LogP contribution in [0.15, 0.2) is 54.7 Å². The maximum Gasteiger partial charge on any atom is 0.319 e. The summed E-state index contributed by atoms with van der Waals surface area (Å²) >= 11 is 0. The van der Waals surface area contributed by atoms with Crippen molar-refractivity contribution in [2.24, 2.45) is 0 Å². The molecule has 0 aliphatic rings. The molecule has 140 valence electrons. The first-order chi connectivity index (χ1) is 13.0. The normalized spacial score (nSPS) is 10.6. The highest BCUT2D eigenvalue weighted by Crippen LogP contribution is 2.14. The lowest BCUT2D eigenvalue weighted by Crippen LogP contribution is -2.31. The molecular formula is C22H26N4O. The van der Waals surface area contributed by atoms with E-state index >= 15 is 0 Å². The van der Waals surface area contributed by atoms with E-state index in [0.29, 0.717) is 13.0 Å². The molecule has 0 saturated heterocycles. The largest absolute Gasteiger partial charge is 0.337 e. The quantitative estimate of drug-likeness (QED) is 0.690. The summed E-state index contributed by atoms with van der Waals surface area (Å²) in [6, 6.07) is 16.0. The standard InChI is InChI=1S/C22H26N4O/c1-16-9-10-20(13-17(16)2)25-22(27)23-12-11-21-24-14-18(3)26(21)15-19-7-5-4-6-8-19/h4-10,13-14H,11-12,15H2,1-3H3,(H2,23,25,27). The molecule has 27 heavy (non-hydrogen) atoms. The zero-order valence-electron chi connectivity index (χ0n) is 16.1. The highest BCUT2D eigenvalue weighted by molar-refractivity contribution is 5.89. The van der Waals surface area contributed by atoms with E-state index in [1.807, 2.05) is 49.5 Å². The third-order valence-electron chi connectivity index (χ3n) is 4.72. The van der Waals surface area contributed by atoms with E-state index in [-0.39, 0.29) is 6.03 Å². The average Bonchev–Trinajstić information content (AvgIpc) is 2.99. The predicted octanol–water partition coefficient (Wildman–Crippen LogP) is 4.22. The van der Waals surface area contributed by atoms with Crippen molar-refractivity contribution < 1.29 is 4.79 Å². The second-order valence-corrected chi connectivity index (χ2v) is 6.82. The Morgan fingerprint density at radius 2 is 1.81 bits per heavy atom. The number of anilines is 1. The van der Waals surface area contributed by atoms with Gasteiger partial charge < -0.3 is 15.2 Å². The summed E-state index contributed by atoms with van der Waals surface area (Å²) in [5, 5.41) is 5.79. The summed E-state index contributed by atoms with van der Waals surface area (Å²) < 4.78 is 2.19. The minimum absolute atomic E-state index is 0.198. The second kappa shape index (κ2) is 8.54. The van der Waals surface area contributed by atoms with Crippen LogP contribution in [0.2, 0.25) is 0 Å². The Kier molecular flexibility index (Phi) is 5.91. The molecule has 5 nitrogen and oxygen atoms in total. The van der Waals surface area contributed by atoms with Crippen LogP contribution < -0.4 is 10.6 Å². The van der Waals surface area contributed by atoms with Crippen LogP contribution in [0.25, 0.3) is 0 Å². The van der Waals surface area contributed by atoms with Gasteiger partial charge in [-0.3, -0.25) is 0 Å². The summed E-state index contributed by atoms with van der Waals surface area (Å²) in [4.78, 5) is 16.6. The molecule has 0 spiro atoms. The lowest BCUT2D eigenvalue weighted by molar-refractivity contribution is 0.252. The third-order valence-corrected chi connectivity index (χ3v) is 4.72. The number of benzene rings is 2. The first-order valence-corrected chi connectivity index (χ1v) is 9.20. The van der Waals surface area contributed by atoms with Crippen LogP contribution in [-0.4, -0.2) is 22.1 Å². The molecular weight excluding hydrogens is 336 g/mol. The number of urea groups is 1. The van der Waals surface area contributed by atoms with Crippen molar-refractivity contribution in [2.75, 3.05) is 11.9 Å². The van der Waals surface area contributed by atoms with Gasteiger partial charge >= 0.3 is 6.03 Å². The van der Waals surface area contributed by atoms with E-state index in [9.17, 15) is 4.79 Å². The molecule has 0 atom stereocenters. The van der Waals surface area contributed by atoms with Crippen molar-refractivity contribution in [1.29, 1.82) is 0 Å². The first-order valence-electron chi connectivity index (χ1n) is 9.20. The van der Waals surface area contributed by atoms with Crippen LogP contribution in [0.5, 0.6) is 0 Å². The molecule has 2 aromatic carbocycles. The van der Waals surface area contributed by atoms with Crippen LogP contribution in [0.1, 0.15) is 28.2 Å². The molecule has 5 heteroatoms. The maximum atomic E-state index is 12.1. The second-order valence-electron chi connectivity index (χ2n) is 6.82. The number of amides is 2. The van der Waals surface area contributed by atoms with Gasteiger partial charge in [0.05, 0.1) is 0 Å². The Morgan fingerprint density at radius 1 is 1.04 bits per heavy atom. The Balaban J connectivity index is 1.54. The van der Waals surface area contributed by atoms with Crippen molar-refractivity contribution in [1.82, 2.24) is 14.9 Å². The summed E-state index contributed by atoms with van der Waals surface area (Å²) in [7, 11) is 0. The smallest absolute Gasteiger partial charge is 0.319 e. The number of hydrogen-bond donors (Lipinski definition) is 2. The molecule has 0 fully saturated rings. The molecule has 0 saturated carbocycles. The maximum absolute atomic E-state index is 12.1. The fraction of sp³-hybridized carbons (Fsp3) is 0.273. The number of nitrogens with zero attached hydrogens (tertiary/aromatic N) is 2. The minimum atomic E-state index is -0.198. The molecule has 0 aliphatic heterocycles. The zero-order valence-corrected chi connectivity index (χ0v) is 16.1. The lowest BCUT2D eigenvalue weighted by atomic mass is 10.1. The van der Waals surface area contributed by atoms with Gasteiger partial charge in [-0.05, 0) is 49.6 Å². The van der Waals surface area contributed by atoms with Crippen LogP contribution in [-0.2, 0) is 13.0 Å². The predicted molar refractivity (Wildman–Crippen MR) is 109 cm³/mol. The van der Waals surface area contributed by atoms with Gasteiger partial charge in [0.25, 0.3) is 0 Å². The van der Waals surface area contributed by atoms with Crippen LogP contribution in [0.3, 0.4) is 0 Å². The van der Waals surface area contributed by atoms with Gasteiger partial charge in [0.15, 0.2) is 0 Å². The Hall–Kier alpha value is -3.08. The van der Waals surface area contributed by atoms with E-state index in [0.717, 1.165) is 29.3 Å². The van der Waals surface area contributed by atoms with Gasteiger partial charge in [-0.15, -0.1) is 0 Å². The molecule has 0 radical (unpaired) electrons. The molecule has 2 amide bonds. The summed E-state index contributed by atoms with van der Waals surface area (Å²) in [6.07, 6.45) is 2.56. The number of aromatic nitrogens is 2. The van der Waals surface area contributed by atoms with E-state index in [4.69, 9.17) is 0 Å². The van der Waals surface area contributed by atoms with Gasteiger partial charge in [0.1, 0.15) is 5.82 Å². The number of nitrogens with one attached hydrogen (secondary N) is 2. The topological polar surface area (TPSA) is 59.0 Å². The molecule has 3 rings (SSSR count). The number of imidazole rings is 1. The highest BCUT2D eigenvalue weighted by Gasteiger charge is 2.09. The SMILES string of the molecule is Cc1ccc(NC(=O)NCCc2ncc(C)n2Cc2ccccc2)cc1C. The van der Waals surface area contributed by atoms with Gasteiger partial charge in [0.2, 0.25) is 0 Å². The van der Waals surface area contributed by atoms with Gasteiger partial charge in [-0.25, -0.2) is 9.78 Å². The lowest BCUT2D eigenvalue weighted by Gasteiger charge is -2.12. The van der Waals surface area contributed by atoms with Crippen LogP contribution in [0, 0.1) is 20.8 Å². The molecule has 0 aliphatic carbocycles. The molecule has 3 aromatic rings. The first kappa shape index (κ1) is 18.7. The molecule has 2 N–H and O–H groups in total. The number of carbonyl (C=O) groups excluding carboxylic acids is 1. The molecule has 0 unspecified atom stereocenters. The third kappa shape index (κ3) is 4.97. The summed E-state index contributed by atoms with van der Waals surface area (Å²) in [5.41, 5.74) is 5.53. The summed E-state index contributed by atoms with van der Waals surface area (Å²) in [5.74, 6) is 0.975. The number of carbonyl (C=O) groups is 1. The van der Waals surface area contributed by atoms with Gasteiger partial charge in [0, 0.05) is 37.1 Å². The Labute approximate surface area is 160 Å². The molecule has 1 heterocycles. The van der Waals surface area contributed by atoms with E-state index in [1.165, 1.54) is 11.1 Å². The Morgan fingerprint density at radius 3 is 2.56 bits per heavy atom. The molecule has 0 bridgehead atoms. The molecule has 1 aromatic heterocycles. The van der Waals surface area contributed by atoms with Gasteiger partial charge in [-0.1, -0.05) is 36.4 Å². The van der Waals surface area contributed by atoms with Gasteiger partial charge in [-0.2, -0.15) is 0 Å². The monoisotopic (exact) mass is 362 g/mol. The highest BCUT2D eigenvalue weighted by atomic mass is 16.2. The minimum Gasteiger partial charge on any atom is -0.337 e. The van der Waals surface area contributed by atoms with Crippen molar-refractivity contribution in [3.8, 4) is 0 Å². The Bertz CT molecular complexity index is 915. The average molecular weight is 362 g/mol. The van der Waals surface area contributed by atoms with Crippen molar-refractivity contribution in [3.63, 3.8) is 0 Å². The fourth-order valence-corrected chi connectivity index (χ4v) is 2.97. The van der Waals surface area contributed by atoms with Crippen molar-refractivity contribution in [2.45, 2.75) is 33.7 Å². The van der Waals surface area contributed by atoms with Crippen LogP contribution in [0.4, 0.5) is 10.5 Å². The van der Waals surface area contributed by atoms with Crippen molar-refractivity contribution in [3.05, 3.63) is 82.9 Å².